The summed E-state index contributed by atoms with van der Waals surface area (Å²) in [6, 6.07) is 0.179. The molecule has 1 saturated carbocycles. The Morgan fingerprint density at radius 1 is 1.33 bits per heavy atom. The van der Waals surface area contributed by atoms with E-state index in [-0.39, 0.29) is 5.97 Å². The molecule has 3 atom stereocenters. The van der Waals surface area contributed by atoms with Gasteiger partial charge in [0.25, 0.3) is 0 Å². The molecule has 104 valence electrons. The van der Waals surface area contributed by atoms with E-state index in [1.807, 2.05) is 6.92 Å². The van der Waals surface area contributed by atoms with Crippen LogP contribution in [0.25, 0.3) is 0 Å². The summed E-state index contributed by atoms with van der Waals surface area (Å²) in [6.07, 6.45) is 7.94. The van der Waals surface area contributed by atoms with Crippen LogP contribution in [0.4, 0.5) is 0 Å². The number of esters is 1. The molecule has 2 rings (SSSR count). The second kappa shape index (κ2) is 6.53. The fraction of sp³-hybridized carbons (Fsp3) is 0.929. The van der Waals surface area contributed by atoms with Crippen LogP contribution in [0, 0.1) is 5.92 Å². The molecule has 0 radical (unpaired) electrons. The lowest BCUT2D eigenvalue weighted by Gasteiger charge is -2.44. The van der Waals surface area contributed by atoms with Gasteiger partial charge in [-0.1, -0.05) is 12.8 Å². The lowest BCUT2D eigenvalue weighted by atomic mass is 9.78. The van der Waals surface area contributed by atoms with Crippen molar-refractivity contribution >= 4 is 5.97 Å². The first-order valence-electron chi connectivity index (χ1n) is 7.38. The zero-order valence-corrected chi connectivity index (χ0v) is 11.4. The number of carbonyl (C=O) groups excluding carboxylic acids is 1. The van der Waals surface area contributed by atoms with Gasteiger partial charge in [-0.05, 0) is 45.1 Å². The largest absolute Gasteiger partial charge is 0.465 e. The van der Waals surface area contributed by atoms with E-state index in [0.29, 0.717) is 19.2 Å². The maximum absolute atomic E-state index is 11.6. The minimum absolute atomic E-state index is 0.254. The number of fused-ring (bicyclic) bond motifs is 1. The number of ether oxygens (including phenoxy) is 1. The van der Waals surface area contributed by atoms with E-state index in [1.54, 1.807) is 0 Å². The number of piperidine rings is 1. The number of nitrogens with two attached hydrogens (primary N) is 1. The molecule has 1 aliphatic carbocycles. The number of carbonyl (C=O) groups is 1. The third-order valence-electron chi connectivity index (χ3n) is 4.38. The third-order valence-corrected chi connectivity index (χ3v) is 4.38. The van der Waals surface area contributed by atoms with E-state index in [9.17, 15) is 4.79 Å². The van der Waals surface area contributed by atoms with Crippen LogP contribution in [-0.2, 0) is 9.53 Å². The maximum Gasteiger partial charge on any atom is 0.324 e. The smallest absolute Gasteiger partial charge is 0.324 e. The molecule has 2 aliphatic rings. The summed E-state index contributed by atoms with van der Waals surface area (Å²) in [7, 11) is 0. The highest BCUT2D eigenvalue weighted by Crippen LogP contribution is 2.35. The summed E-state index contributed by atoms with van der Waals surface area (Å²) in [5.41, 5.74) is 5.94. The molecule has 0 amide bonds. The summed E-state index contributed by atoms with van der Waals surface area (Å²) in [6.45, 7) is 4.00. The zero-order chi connectivity index (χ0) is 13.0. The van der Waals surface area contributed by atoms with Gasteiger partial charge >= 0.3 is 5.97 Å². The molecule has 2 fully saturated rings. The second-order valence-corrected chi connectivity index (χ2v) is 5.61. The second-order valence-electron chi connectivity index (χ2n) is 5.61. The van der Waals surface area contributed by atoms with E-state index in [0.717, 1.165) is 12.5 Å². The molecular formula is C14H26N2O2. The van der Waals surface area contributed by atoms with E-state index in [2.05, 4.69) is 4.90 Å². The highest BCUT2D eigenvalue weighted by atomic mass is 16.5. The first-order valence-corrected chi connectivity index (χ1v) is 7.38. The molecule has 0 bridgehead atoms. The van der Waals surface area contributed by atoms with E-state index in [4.69, 9.17) is 10.5 Å². The molecule has 2 N–H and O–H groups in total. The summed E-state index contributed by atoms with van der Waals surface area (Å²) in [5, 5.41) is 0. The average molecular weight is 254 g/mol. The number of likely N-dealkylation sites (tertiary alicyclic amines) is 1. The Balaban J connectivity index is 1.88. The first-order chi connectivity index (χ1) is 8.72. The summed E-state index contributed by atoms with van der Waals surface area (Å²) in [5.74, 6) is 0.581. The van der Waals surface area contributed by atoms with Crippen molar-refractivity contribution in [3.05, 3.63) is 0 Å². The molecule has 0 aromatic heterocycles. The van der Waals surface area contributed by atoms with Crippen molar-refractivity contribution in [2.75, 3.05) is 19.7 Å². The van der Waals surface area contributed by atoms with Crippen molar-refractivity contribution in [3.8, 4) is 0 Å². The highest BCUT2D eigenvalue weighted by molar-refractivity contribution is 5.75. The normalized spacial score (nSPS) is 30.6. The molecule has 1 heterocycles. The molecule has 0 aromatic rings. The predicted molar refractivity (Wildman–Crippen MR) is 71.2 cm³/mol. The third kappa shape index (κ3) is 3.23. The molecule has 4 heteroatoms. The zero-order valence-electron chi connectivity index (χ0n) is 11.4. The highest BCUT2D eigenvalue weighted by Gasteiger charge is 2.34. The summed E-state index contributed by atoms with van der Waals surface area (Å²) >= 11 is 0. The Bertz CT molecular complexity index is 281. The van der Waals surface area contributed by atoms with E-state index < -0.39 is 6.04 Å². The Hall–Kier alpha value is -0.610. The van der Waals surface area contributed by atoms with E-state index >= 15 is 0 Å². The minimum Gasteiger partial charge on any atom is -0.465 e. The Labute approximate surface area is 110 Å². The fourth-order valence-corrected chi connectivity index (χ4v) is 3.53. The molecule has 0 spiro atoms. The molecule has 1 aliphatic heterocycles. The molecule has 0 aromatic carbocycles. The van der Waals surface area contributed by atoms with Crippen molar-refractivity contribution in [2.24, 2.45) is 11.7 Å². The molecular weight excluding hydrogens is 228 g/mol. The van der Waals surface area contributed by atoms with Gasteiger partial charge in [-0.25, -0.2) is 0 Å². The monoisotopic (exact) mass is 254 g/mol. The van der Waals surface area contributed by atoms with Gasteiger partial charge in [0.05, 0.1) is 6.61 Å². The van der Waals surface area contributed by atoms with Gasteiger partial charge in [-0.3, -0.25) is 9.69 Å². The van der Waals surface area contributed by atoms with Crippen LogP contribution in [-0.4, -0.2) is 42.6 Å². The van der Waals surface area contributed by atoms with Crippen molar-refractivity contribution in [2.45, 2.75) is 57.5 Å². The maximum atomic E-state index is 11.6. The van der Waals surface area contributed by atoms with Gasteiger partial charge in [0.2, 0.25) is 0 Å². The number of hydrogen-bond acceptors (Lipinski definition) is 4. The van der Waals surface area contributed by atoms with Crippen molar-refractivity contribution in [3.63, 3.8) is 0 Å². The minimum atomic E-state index is -0.481. The average Bonchev–Trinajstić information content (AvgIpc) is 2.39. The standard InChI is InChI=1S/C14H26N2O2/c1-2-18-14(17)12(15)10-16-9-5-7-11-6-3-4-8-13(11)16/h11-13H,2-10,15H2,1H3/t11-,12?,13-/m1/s1. The van der Waals surface area contributed by atoms with Crippen LogP contribution in [0.15, 0.2) is 0 Å². The van der Waals surface area contributed by atoms with Gasteiger partial charge in [0.1, 0.15) is 6.04 Å². The number of nitrogens with zero attached hydrogens (tertiary/aromatic N) is 1. The predicted octanol–water partition coefficient (Wildman–Crippen LogP) is 1.53. The van der Waals surface area contributed by atoms with E-state index in [1.165, 1.54) is 38.5 Å². The van der Waals surface area contributed by atoms with Gasteiger partial charge < -0.3 is 10.5 Å². The lowest BCUT2D eigenvalue weighted by Crippen LogP contribution is -2.52. The number of rotatable bonds is 4. The van der Waals surface area contributed by atoms with Gasteiger partial charge in [0.15, 0.2) is 0 Å². The Kier molecular flexibility index (Phi) is 5.01. The van der Waals surface area contributed by atoms with Gasteiger partial charge in [-0.15, -0.1) is 0 Å². The van der Waals surface area contributed by atoms with Crippen molar-refractivity contribution in [1.29, 1.82) is 0 Å². The van der Waals surface area contributed by atoms with Gasteiger partial charge in [0, 0.05) is 12.6 Å². The lowest BCUT2D eigenvalue weighted by molar-refractivity contribution is -0.145. The molecule has 1 saturated heterocycles. The summed E-state index contributed by atoms with van der Waals surface area (Å²) in [4.78, 5) is 14.0. The first kappa shape index (κ1) is 13.8. The Morgan fingerprint density at radius 3 is 2.83 bits per heavy atom. The fourth-order valence-electron chi connectivity index (χ4n) is 3.53. The van der Waals surface area contributed by atoms with Gasteiger partial charge in [-0.2, -0.15) is 0 Å². The molecule has 18 heavy (non-hydrogen) atoms. The molecule has 1 unspecified atom stereocenters. The van der Waals surface area contributed by atoms with Crippen LogP contribution < -0.4 is 5.73 Å². The van der Waals surface area contributed by atoms with Crippen LogP contribution in [0.3, 0.4) is 0 Å². The number of hydrogen-bond donors (Lipinski definition) is 1. The SMILES string of the molecule is CCOC(=O)C(N)CN1CCC[C@H]2CCCC[C@H]21. The van der Waals surface area contributed by atoms with Crippen LogP contribution in [0.2, 0.25) is 0 Å². The molecule has 4 nitrogen and oxygen atoms in total. The van der Waals surface area contributed by atoms with Crippen molar-refractivity contribution in [1.82, 2.24) is 4.90 Å². The Morgan fingerprint density at radius 2 is 2.06 bits per heavy atom. The quantitative estimate of drug-likeness (QED) is 0.773. The van der Waals surface area contributed by atoms with Crippen molar-refractivity contribution < 1.29 is 9.53 Å². The van der Waals surface area contributed by atoms with Crippen LogP contribution in [0.1, 0.15) is 45.4 Å². The summed E-state index contributed by atoms with van der Waals surface area (Å²) < 4.78 is 4.99. The topological polar surface area (TPSA) is 55.6 Å². The van der Waals surface area contributed by atoms with Crippen LogP contribution in [0.5, 0.6) is 0 Å². The van der Waals surface area contributed by atoms with Crippen LogP contribution >= 0.6 is 0 Å².